The first kappa shape index (κ1) is 53.1. The zero-order valence-corrected chi connectivity index (χ0v) is 43.4. The number of benzene rings is 4. The van der Waals surface area contributed by atoms with E-state index in [-0.39, 0.29) is 29.3 Å². The predicted molar refractivity (Wildman–Crippen MR) is 285 cm³/mol. The zero-order chi connectivity index (χ0) is 50.8. The molecular weight excluding hydrogens is 976 g/mol. The molecule has 3 aliphatic heterocycles. The number of piperidine rings is 1. The van der Waals surface area contributed by atoms with Gasteiger partial charge in [-0.1, -0.05) is 54.4 Å². The second-order valence-corrected chi connectivity index (χ2v) is 23.2. The highest BCUT2D eigenvalue weighted by atomic mass is 35.5. The minimum Gasteiger partial charge on any atom is -0.465 e. The van der Waals surface area contributed by atoms with Crippen molar-refractivity contribution in [2.45, 2.75) is 61.3 Å². The molecule has 16 nitrogen and oxygen atoms in total. The topological polar surface area (TPSA) is 192 Å². The van der Waals surface area contributed by atoms with Gasteiger partial charge in [0.15, 0.2) is 0 Å². The molecule has 0 spiro atoms. The van der Waals surface area contributed by atoms with Gasteiger partial charge in [-0.25, -0.2) is 17.9 Å². The molecule has 386 valence electrons. The number of hydrogen-bond donors (Lipinski definition) is 4. The van der Waals surface area contributed by atoms with E-state index in [2.05, 4.69) is 48.7 Å². The molecule has 4 aromatic rings. The average Bonchev–Trinajstić information content (AvgIpc) is 3.38. The lowest BCUT2D eigenvalue weighted by Crippen LogP contribution is -2.51. The number of anilines is 2. The maximum atomic E-state index is 13.6. The molecule has 4 N–H and O–H groups in total. The van der Waals surface area contributed by atoms with Crippen LogP contribution >= 0.6 is 23.4 Å². The summed E-state index contributed by atoms with van der Waals surface area (Å²) in [7, 11) is -4.49. The first-order valence-electron chi connectivity index (χ1n) is 25.0. The van der Waals surface area contributed by atoms with Crippen LogP contribution in [-0.4, -0.2) is 159 Å². The Morgan fingerprint density at radius 1 is 0.875 bits per heavy atom. The Labute approximate surface area is 432 Å². The van der Waals surface area contributed by atoms with Gasteiger partial charge in [0.2, 0.25) is 0 Å². The van der Waals surface area contributed by atoms with Gasteiger partial charge in [-0.2, -0.15) is 0 Å². The maximum absolute atomic E-state index is 13.6. The van der Waals surface area contributed by atoms with Crippen molar-refractivity contribution in [1.82, 2.24) is 24.3 Å². The van der Waals surface area contributed by atoms with Gasteiger partial charge in [0, 0.05) is 118 Å². The van der Waals surface area contributed by atoms with Crippen molar-refractivity contribution < 1.29 is 33.1 Å². The minimum absolute atomic E-state index is 0.0540. The van der Waals surface area contributed by atoms with E-state index in [1.807, 2.05) is 54.6 Å². The highest BCUT2D eigenvalue weighted by molar-refractivity contribution is 7.99. The first-order chi connectivity index (χ1) is 34.6. The Bertz CT molecular complexity index is 2640. The molecule has 4 aromatic carbocycles. The number of carboxylic acid groups (broad SMARTS) is 1. The number of halogens is 1. The monoisotopic (exact) mass is 1040 g/mol. The molecule has 3 fully saturated rings. The third-order valence-electron chi connectivity index (χ3n) is 14.8. The normalized spacial score (nSPS) is 20.3. The Hall–Kier alpha value is -5.21. The highest BCUT2D eigenvalue weighted by Crippen LogP contribution is 2.44. The molecule has 1 aliphatic carbocycles. The summed E-state index contributed by atoms with van der Waals surface area (Å²) in [6, 6.07) is 28.3. The lowest BCUT2D eigenvalue weighted by Gasteiger charge is -2.44. The van der Waals surface area contributed by atoms with Crippen molar-refractivity contribution in [1.29, 1.82) is 0 Å². The third-order valence-corrected chi connectivity index (χ3v) is 17.5. The minimum atomic E-state index is -4.49. The molecule has 2 unspecified atom stereocenters. The number of hydrogen-bond acceptors (Lipinski definition) is 13. The van der Waals surface area contributed by atoms with Crippen LogP contribution in [-0.2, 0) is 10.0 Å². The van der Waals surface area contributed by atoms with Crippen molar-refractivity contribution in [2.75, 3.05) is 108 Å². The van der Waals surface area contributed by atoms with Gasteiger partial charge < -0.3 is 30.2 Å². The van der Waals surface area contributed by atoms with E-state index in [1.165, 1.54) is 33.7 Å². The second-order valence-electron chi connectivity index (χ2n) is 20.0. The van der Waals surface area contributed by atoms with Crippen LogP contribution in [0.5, 0.6) is 0 Å². The summed E-state index contributed by atoms with van der Waals surface area (Å²) in [4.78, 5) is 48.5. The van der Waals surface area contributed by atoms with Gasteiger partial charge in [-0.05, 0) is 135 Å². The summed E-state index contributed by atoms with van der Waals surface area (Å²) in [5.74, 6) is 0.0838. The molecule has 8 rings (SSSR count). The van der Waals surface area contributed by atoms with Crippen LogP contribution in [0.2, 0.25) is 5.02 Å². The Morgan fingerprint density at radius 2 is 1.56 bits per heavy atom. The molecule has 3 heterocycles. The molecule has 0 aromatic heterocycles. The number of nitro benzene ring substituents is 1. The van der Waals surface area contributed by atoms with Crippen LogP contribution in [0, 0.1) is 21.4 Å². The molecular formula is C53H67ClN8O8S2. The maximum Gasteiger partial charge on any atom is 0.407 e. The number of piperazine rings is 2. The van der Waals surface area contributed by atoms with E-state index in [9.17, 15) is 38.3 Å². The third kappa shape index (κ3) is 14.1. The van der Waals surface area contributed by atoms with Crippen LogP contribution in [0.25, 0.3) is 5.57 Å². The summed E-state index contributed by atoms with van der Waals surface area (Å²) in [5.41, 5.74) is 4.89. The molecule has 3 saturated heterocycles. The van der Waals surface area contributed by atoms with Crippen LogP contribution < -0.4 is 14.9 Å². The Balaban J connectivity index is 0.871. The number of sulfonamides is 1. The summed E-state index contributed by atoms with van der Waals surface area (Å²) < 4.78 is 29.4. The predicted octanol–water partition coefficient (Wildman–Crippen LogP) is 8.10. The summed E-state index contributed by atoms with van der Waals surface area (Å²) in [5, 5.41) is 35.5. The average molecular weight is 1040 g/mol. The number of rotatable bonds is 19. The number of aliphatic hydroxyl groups excluding tert-OH is 1. The number of amides is 2. The Morgan fingerprint density at radius 3 is 2.21 bits per heavy atom. The second kappa shape index (κ2) is 24.2. The Kier molecular flexibility index (Phi) is 17.9. The molecule has 19 heteroatoms. The van der Waals surface area contributed by atoms with E-state index in [0.717, 1.165) is 121 Å². The number of aliphatic hydroxyl groups is 1. The largest absolute Gasteiger partial charge is 0.465 e. The van der Waals surface area contributed by atoms with E-state index >= 15 is 0 Å². The van der Waals surface area contributed by atoms with Crippen LogP contribution in [0.3, 0.4) is 0 Å². The molecule has 0 saturated carbocycles. The van der Waals surface area contributed by atoms with E-state index in [1.54, 1.807) is 23.9 Å². The lowest BCUT2D eigenvalue weighted by molar-refractivity contribution is -0.384. The first-order valence-corrected chi connectivity index (χ1v) is 27.9. The molecule has 2 amide bonds. The number of carbonyl (C=O) groups excluding carboxylic acids is 1. The summed E-state index contributed by atoms with van der Waals surface area (Å²) in [6.07, 6.45) is 4.62. The fourth-order valence-corrected chi connectivity index (χ4v) is 12.7. The molecule has 72 heavy (non-hydrogen) atoms. The number of nitro groups is 1. The SMILES string of the molecule is CC1(CN2CCN(C(=O)O)CC2)CCC(c2ccc(Cl)cc2)=C(CN2CCN(c3ccc(C(=O)NS(=O)(=O)c4ccc(NC(CCN5CCC(CO)CC5)CSc5ccccc5)c([N+](=O)[O-])c4)cc3)CC2)C1. The van der Waals surface area contributed by atoms with Crippen molar-refractivity contribution in [2.24, 2.45) is 11.3 Å². The number of nitrogens with one attached hydrogen (secondary N) is 2. The van der Waals surface area contributed by atoms with E-state index in [4.69, 9.17) is 11.6 Å². The molecule has 4 aliphatic rings. The summed E-state index contributed by atoms with van der Waals surface area (Å²) in [6.45, 7) is 12.5. The number of allylic oxidation sites excluding steroid dienone is 1. The number of likely N-dealkylation sites (tertiary alicyclic amines) is 1. The van der Waals surface area contributed by atoms with Gasteiger partial charge in [0.05, 0.1) is 9.82 Å². The highest BCUT2D eigenvalue weighted by Gasteiger charge is 2.36. The van der Waals surface area contributed by atoms with Gasteiger partial charge in [-0.3, -0.25) is 24.7 Å². The van der Waals surface area contributed by atoms with Crippen molar-refractivity contribution >= 4 is 68.0 Å². The number of nitrogens with zero attached hydrogens (tertiary/aromatic N) is 6. The fraction of sp³-hybridized carbons (Fsp3) is 0.472. The smallest absolute Gasteiger partial charge is 0.407 e. The number of carbonyl (C=O) groups is 2. The van der Waals surface area contributed by atoms with Crippen molar-refractivity contribution in [3.8, 4) is 0 Å². The molecule has 0 radical (unpaired) electrons. The van der Waals surface area contributed by atoms with Crippen molar-refractivity contribution in [3.05, 3.63) is 129 Å². The van der Waals surface area contributed by atoms with Gasteiger partial charge in [-0.15, -0.1) is 11.8 Å². The van der Waals surface area contributed by atoms with Crippen molar-refractivity contribution in [3.63, 3.8) is 0 Å². The van der Waals surface area contributed by atoms with Crippen LogP contribution in [0.4, 0.5) is 21.9 Å². The number of thioether (sulfide) groups is 1. The molecule has 0 bridgehead atoms. The van der Waals surface area contributed by atoms with Gasteiger partial charge in [0.1, 0.15) is 5.69 Å². The standard InChI is InChI=1S/C53H67ClN8O8S2/c1-53(38-59-27-31-61(32-28-59)52(65)66)21-17-48(40-7-11-43(54)12-8-40)42(34-53)35-58-25-29-60(30-26-58)45-13-9-41(10-14-45)51(64)56-72(69,70)47-15-16-49(50(33-47)62(67)68)55-44(37-71-46-5-3-2-4-6-46)20-24-57-22-18-39(36-63)19-23-57/h2-16,33,39,44,55,63H,17-32,34-38H2,1H3,(H,56,64)(H,65,66). The van der Waals surface area contributed by atoms with E-state index < -0.39 is 37.5 Å². The van der Waals surface area contributed by atoms with Gasteiger partial charge in [0.25, 0.3) is 21.6 Å². The summed E-state index contributed by atoms with van der Waals surface area (Å²) >= 11 is 7.93. The van der Waals surface area contributed by atoms with Gasteiger partial charge >= 0.3 is 6.09 Å². The quantitative estimate of drug-likeness (QED) is 0.0400. The van der Waals surface area contributed by atoms with Crippen LogP contribution in [0.15, 0.2) is 112 Å². The zero-order valence-electron chi connectivity index (χ0n) is 41.0. The van der Waals surface area contributed by atoms with Crippen LogP contribution in [0.1, 0.15) is 61.4 Å². The molecule has 2 atom stereocenters. The fourth-order valence-electron chi connectivity index (χ4n) is 10.5. The van der Waals surface area contributed by atoms with E-state index in [0.29, 0.717) is 36.2 Å². The lowest BCUT2D eigenvalue weighted by atomic mass is 9.71.